The Hall–Kier alpha value is -4.17. The Bertz CT molecular complexity index is 1180. The molecule has 8 heteroatoms. The number of carbonyl (C=O) groups excluding carboxylic acids is 3. The van der Waals surface area contributed by atoms with Crippen LogP contribution in [0, 0.1) is 0 Å². The minimum Gasteiger partial charge on any atom is -0.445 e. The van der Waals surface area contributed by atoms with Crippen molar-refractivity contribution in [3.63, 3.8) is 0 Å². The zero-order chi connectivity index (χ0) is 26.0. The van der Waals surface area contributed by atoms with Crippen LogP contribution in [0.4, 0.5) is 9.59 Å². The summed E-state index contributed by atoms with van der Waals surface area (Å²) >= 11 is 0. The first-order valence-electron chi connectivity index (χ1n) is 12.3. The van der Waals surface area contributed by atoms with Crippen molar-refractivity contribution in [2.24, 2.45) is 5.73 Å². The summed E-state index contributed by atoms with van der Waals surface area (Å²) in [5, 5.41) is 2.49. The molecule has 3 aromatic carbocycles. The molecule has 1 aliphatic carbocycles. The van der Waals surface area contributed by atoms with Gasteiger partial charge in [0.2, 0.25) is 0 Å². The highest BCUT2D eigenvalue weighted by atomic mass is 16.7. The molecule has 0 fully saturated rings. The molecule has 0 radical (unpaired) electrons. The van der Waals surface area contributed by atoms with Crippen LogP contribution in [0.2, 0.25) is 0 Å². The van der Waals surface area contributed by atoms with Crippen molar-refractivity contribution in [2.45, 2.75) is 37.8 Å². The standard InChI is InChI=1S/C29H30N2O6/c30-17-9-8-16-26(31-28(33)35-18-20-10-2-1-3-11-20)27(32)37-29(34)36-19-25-23-14-6-4-12-21(23)22-13-5-7-15-24(22)25/h1-7,10-15,25-26H,8-9,16-19,30H2,(H,31,33)/t26-/m0/s1. The molecular weight excluding hydrogens is 472 g/mol. The summed E-state index contributed by atoms with van der Waals surface area (Å²) in [5.41, 5.74) is 10.6. The lowest BCUT2D eigenvalue weighted by Gasteiger charge is -2.18. The number of unbranched alkanes of at least 4 members (excludes halogenated alkanes) is 1. The Morgan fingerprint density at radius 3 is 2.08 bits per heavy atom. The average Bonchev–Trinajstić information content (AvgIpc) is 3.24. The number of hydrogen-bond acceptors (Lipinski definition) is 7. The Kier molecular flexibility index (Phi) is 8.89. The van der Waals surface area contributed by atoms with Gasteiger partial charge in [-0.3, -0.25) is 0 Å². The summed E-state index contributed by atoms with van der Waals surface area (Å²) < 4.78 is 15.5. The second-order valence-corrected chi connectivity index (χ2v) is 8.75. The predicted octanol–water partition coefficient (Wildman–Crippen LogP) is 4.90. The minimum absolute atomic E-state index is 0.0184. The number of carbonyl (C=O) groups is 3. The third-order valence-electron chi connectivity index (χ3n) is 6.25. The van der Waals surface area contributed by atoms with Gasteiger partial charge in [0.25, 0.3) is 0 Å². The van der Waals surface area contributed by atoms with Gasteiger partial charge < -0.3 is 25.3 Å². The SMILES string of the molecule is NCCCC[C@H](NC(=O)OCc1ccccc1)C(=O)OC(=O)OCC1c2ccccc2-c2ccccc21. The smallest absolute Gasteiger partial charge is 0.445 e. The molecule has 0 spiro atoms. The van der Waals surface area contributed by atoms with Gasteiger partial charge in [0.05, 0.1) is 0 Å². The summed E-state index contributed by atoms with van der Waals surface area (Å²) in [6, 6.07) is 24.0. The molecule has 3 aromatic rings. The lowest BCUT2D eigenvalue weighted by molar-refractivity contribution is -0.142. The van der Waals surface area contributed by atoms with E-state index in [4.69, 9.17) is 19.9 Å². The van der Waals surface area contributed by atoms with E-state index in [9.17, 15) is 14.4 Å². The third-order valence-corrected chi connectivity index (χ3v) is 6.25. The number of fused-ring (bicyclic) bond motifs is 3. The van der Waals surface area contributed by atoms with E-state index in [1.807, 2.05) is 78.9 Å². The molecule has 1 amide bonds. The summed E-state index contributed by atoms with van der Waals surface area (Å²) in [7, 11) is 0. The van der Waals surface area contributed by atoms with Crippen molar-refractivity contribution in [1.29, 1.82) is 0 Å². The maximum Gasteiger partial charge on any atom is 0.516 e. The van der Waals surface area contributed by atoms with Crippen molar-refractivity contribution >= 4 is 18.2 Å². The highest BCUT2D eigenvalue weighted by Crippen LogP contribution is 2.44. The van der Waals surface area contributed by atoms with Gasteiger partial charge >= 0.3 is 18.2 Å². The van der Waals surface area contributed by atoms with Gasteiger partial charge in [-0.05, 0) is 53.6 Å². The second-order valence-electron chi connectivity index (χ2n) is 8.75. The molecule has 3 N–H and O–H groups in total. The fraction of sp³-hybridized carbons (Fsp3) is 0.276. The molecule has 0 saturated heterocycles. The lowest BCUT2D eigenvalue weighted by atomic mass is 9.98. The van der Waals surface area contributed by atoms with Gasteiger partial charge in [-0.1, -0.05) is 78.9 Å². The summed E-state index contributed by atoms with van der Waals surface area (Å²) in [5.74, 6) is -1.08. The maximum atomic E-state index is 12.7. The van der Waals surface area contributed by atoms with Gasteiger partial charge in [0, 0.05) is 5.92 Å². The van der Waals surface area contributed by atoms with Crippen LogP contribution in [-0.4, -0.2) is 37.4 Å². The van der Waals surface area contributed by atoms with E-state index >= 15 is 0 Å². The van der Waals surface area contributed by atoms with E-state index in [1.54, 1.807) is 0 Å². The summed E-state index contributed by atoms with van der Waals surface area (Å²) in [6.45, 7) is 0.501. The number of nitrogens with one attached hydrogen (secondary N) is 1. The summed E-state index contributed by atoms with van der Waals surface area (Å²) in [6.07, 6.45) is -0.455. The van der Waals surface area contributed by atoms with Gasteiger partial charge in [-0.25, -0.2) is 14.4 Å². The molecule has 37 heavy (non-hydrogen) atoms. The zero-order valence-electron chi connectivity index (χ0n) is 20.4. The number of ether oxygens (including phenoxy) is 3. The molecule has 4 rings (SSSR count). The molecule has 1 aliphatic rings. The van der Waals surface area contributed by atoms with E-state index in [0.29, 0.717) is 19.4 Å². The predicted molar refractivity (Wildman–Crippen MR) is 138 cm³/mol. The molecule has 1 atom stereocenters. The van der Waals surface area contributed by atoms with Crippen LogP contribution in [-0.2, 0) is 25.6 Å². The fourth-order valence-corrected chi connectivity index (χ4v) is 4.42. The molecule has 0 bridgehead atoms. The highest BCUT2D eigenvalue weighted by molar-refractivity contribution is 5.88. The van der Waals surface area contributed by atoms with E-state index < -0.39 is 24.3 Å². The van der Waals surface area contributed by atoms with Gasteiger partial charge in [0.1, 0.15) is 19.3 Å². The van der Waals surface area contributed by atoms with Crippen LogP contribution in [0.15, 0.2) is 78.9 Å². The molecule has 8 nitrogen and oxygen atoms in total. The van der Waals surface area contributed by atoms with E-state index in [2.05, 4.69) is 5.32 Å². The van der Waals surface area contributed by atoms with Gasteiger partial charge in [-0.2, -0.15) is 0 Å². The minimum atomic E-state index is -1.12. The Balaban J connectivity index is 1.33. The molecule has 192 valence electrons. The van der Waals surface area contributed by atoms with Gasteiger partial charge in [0.15, 0.2) is 0 Å². The Morgan fingerprint density at radius 2 is 1.43 bits per heavy atom. The van der Waals surface area contributed by atoms with E-state index in [0.717, 1.165) is 27.8 Å². The van der Waals surface area contributed by atoms with Crippen molar-refractivity contribution in [2.75, 3.05) is 13.2 Å². The number of amides is 1. The van der Waals surface area contributed by atoms with Crippen LogP contribution >= 0.6 is 0 Å². The van der Waals surface area contributed by atoms with Gasteiger partial charge in [-0.15, -0.1) is 0 Å². The van der Waals surface area contributed by atoms with Crippen LogP contribution in [0.1, 0.15) is 41.9 Å². The zero-order valence-corrected chi connectivity index (χ0v) is 20.4. The molecular formula is C29H30N2O6. The fourth-order valence-electron chi connectivity index (χ4n) is 4.42. The van der Waals surface area contributed by atoms with Crippen molar-refractivity contribution < 1.29 is 28.6 Å². The van der Waals surface area contributed by atoms with E-state index in [1.165, 1.54) is 0 Å². The molecule has 0 heterocycles. The number of rotatable bonds is 10. The number of alkyl carbamates (subject to hydrolysis) is 1. The number of benzene rings is 3. The molecule has 0 aromatic heterocycles. The van der Waals surface area contributed by atoms with Crippen LogP contribution in [0.25, 0.3) is 11.1 Å². The first-order valence-corrected chi connectivity index (χ1v) is 12.3. The average molecular weight is 503 g/mol. The molecule has 0 aliphatic heterocycles. The second kappa shape index (κ2) is 12.7. The number of nitrogens with two attached hydrogens (primary N) is 1. The van der Waals surface area contributed by atoms with Crippen LogP contribution in [0.3, 0.4) is 0 Å². The quantitative estimate of drug-likeness (QED) is 0.230. The largest absolute Gasteiger partial charge is 0.516 e. The highest BCUT2D eigenvalue weighted by Gasteiger charge is 2.30. The first kappa shape index (κ1) is 25.9. The van der Waals surface area contributed by atoms with Crippen molar-refractivity contribution in [1.82, 2.24) is 5.32 Å². The molecule has 0 unspecified atom stereocenters. The van der Waals surface area contributed by atoms with E-state index in [-0.39, 0.29) is 25.6 Å². The third kappa shape index (κ3) is 6.74. The van der Waals surface area contributed by atoms with Crippen LogP contribution in [0.5, 0.6) is 0 Å². The topological polar surface area (TPSA) is 117 Å². The maximum absolute atomic E-state index is 12.7. The van der Waals surface area contributed by atoms with Crippen LogP contribution < -0.4 is 11.1 Å². The number of esters is 1. The summed E-state index contributed by atoms with van der Waals surface area (Å²) in [4.78, 5) is 37.5. The Labute approximate surface area is 215 Å². The number of hydrogen-bond donors (Lipinski definition) is 2. The van der Waals surface area contributed by atoms with Crippen molar-refractivity contribution in [3.05, 3.63) is 95.6 Å². The molecule has 0 saturated carbocycles. The Morgan fingerprint density at radius 1 is 0.811 bits per heavy atom. The lowest BCUT2D eigenvalue weighted by Crippen LogP contribution is -2.43. The first-order chi connectivity index (χ1) is 18.1. The van der Waals surface area contributed by atoms with Crippen molar-refractivity contribution in [3.8, 4) is 11.1 Å². The normalized spacial score (nSPS) is 12.7. The monoisotopic (exact) mass is 502 g/mol.